The lowest BCUT2D eigenvalue weighted by Gasteiger charge is -2.34. The molecule has 5 nitrogen and oxygen atoms in total. The van der Waals surface area contributed by atoms with Crippen molar-refractivity contribution >= 4 is 23.3 Å². The first-order valence-corrected chi connectivity index (χ1v) is 8.80. The summed E-state index contributed by atoms with van der Waals surface area (Å²) in [6.07, 6.45) is 1.64. The zero-order chi connectivity index (χ0) is 17.8. The summed E-state index contributed by atoms with van der Waals surface area (Å²) in [7, 11) is 1.79. The molecule has 1 aliphatic rings. The van der Waals surface area contributed by atoms with Gasteiger partial charge in [0.25, 0.3) is 5.91 Å². The van der Waals surface area contributed by atoms with Crippen LogP contribution in [0.3, 0.4) is 0 Å². The molecule has 0 unspecified atom stereocenters. The summed E-state index contributed by atoms with van der Waals surface area (Å²) in [5.74, 6) is 0.848. The van der Waals surface area contributed by atoms with Crippen molar-refractivity contribution < 1.29 is 9.53 Å². The van der Waals surface area contributed by atoms with Crippen LogP contribution in [-0.4, -0.2) is 49.1 Å². The van der Waals surface area contributed by atoms with Gasteiger partial charge in [0.05, 0.1) is 12.2 Å². The van der Waals surface area contributed by atoms with Gasteiger partial charge in [0.2, 0.25) is 0 Å². The van der Waals surface area contributed by atoms with E-state index < -0.39 is 0 Å². The monoisotopic (exact) mass is 359 g/mol. The maximum absolute atomic E-state index is 12.2. The zero-order valence-corrected chi connectivity index (χ0v) is 15.2. The summed E-state index contributed by atoms with van der Waals surface area (Å²) in [6, 6.07) is 11.5. The Labute approximate surface area is 153 Å². The van der Waals surface area contributed by atoms with Crippen molar-refractivity contribution in [2.45, 2.75) is 13.0 Å². The summed E-state index contributed by atoms with van der Waals surface area (Å²) in [5, 5.41) is 0.718. The topological polar surface area (TPSA) is 45.7 Å². The Kier molecular flexibility index (Phi) is 5.56. The van der Waals surface area contributed by atoms with Gasteiger partial charge >= 0.3 is 0 Å². The first-order valence-electron chi connectivity index (χ1n) is 8.42. The normalized spacial score (nSPS) is 17.4. The Balaban J connectivity index is 1.71. The quantitative estimate of drug-likeness (QED) is 0.839. The van der Waals surface area contributed by atoms with Gasteiger partial charge in [-0.25, -0.2) is 4.98 Å². The van der Waals surface area contributed by atoms with E-state index >= 15 is 0 Å². The third kappa shape index (κ3) is 4.11. The van der Waals surface area contributed by atoms with Crippen LogP contribution in [0.4, 0.5) is 5.82 Å². The number of morpholine rings is 1. The number of amides is 1. The molecule has 1 aromatic heterocycles. The van der Waals surface area contributed by atoms with Crippen LogP contribution in [-0.2, 0) is 4.74 Å². The second-order valence-corrected chi connectivity index (χ2v) is 6.52. The third-order valence-electron chi connectivity index (χ3n) is 4.45. The SMILES string of the molecule is CCN(C)C(=O)c1ccc(N2CCO[C@H](c3ccc(Cl)cc3)C2)nc1. The van der Waals surface area contributed by atoms with Gasteiger partial charge in [0.15, 0.2) is 0 Å². The molecule has 2 aromatic rings. The Morgan fingerprint density at radius 2 is 2.08 bits per heavy atom. The smallest absolute Gasteiger partial charge is 0.255 e. The van der Waals surface area contributed by atoms with Gasteiger partial charge < -0.3 is 14.5 Å². The second-order valence-electron chi connectivity index (χ2n) is 6.08. The molecule has 1 aliphatic heterocycles. The van der Waals surface area contributed by atoms with Crippen molar-refractivity contribution in [3.05, 3.63) is 58.7 Å². The van der Waals surface area contributed by atoms with Crippen LogP contribution in [0.1, 0.15) is 28.9 Å². The number of anilines is 1. The molecule has 6 heteroatoms. The lowest BCUT2D eigenvalue weighted by molar-refractivity contribution is 0.0395. The van der Waals surface area contributed by atoms with Crippen LogP contribution < -0.4 is 4.90 Å². The molecule has 0 radical (unpaired) electrons. The molecule has 0 spiro atoms. The number of pyridine rings is 1. The first kappa shape index (κ1) is 17.7. The minimum atomic E-state index is -0.0136. The van der Waals surface area contributed by atoms with Crippen LogP contribution in [0.15, 0.2) is 42.6 Å². The predicted octanol–water partition coefficient (Wildman–Crippen LogP) is 3.40. The summed E-state index contributed by atoms with van der Waals surface area (Å²) >= 11 is 5.96. The number of carbonyl (C=O) groups is 1. The average molecular weight is 360 g/mol. The number of halogens is 1. The molecule has 1 amide bonds. The van der Waals surface area contributed by atoms with Crippen LogP contribution in [0.2, 0.25) is 5.02 Å². The molecule has 1 fully saturated rings. The highest BCUT2D eigenvalue weighted by atomic mass is 35.5. The van der Waals surface area contributed by atoms with Crippen LogP contribution >= 0.6 is 11.6 Å². The van der Waals surface area contributed by atoms with Crippen LogP contribution in [0.5, 0.6) is 0 Å². The van der Waals surface area contributed by atoms with Crippen molar-refractivity contribution in [3.63, 3.8) is 0 Å². The molecule has 3 rings (SSSR count). The van der Waals surface area contributed by atoms with Gasteiger partial charge in [-0.3, -0.25) is 4.79 Å². The van der Waals surface area contributed by atoms with Crippen molar-refractivity contribution in [1.82, 2.24) is 9.88 Å². The van der Waals surface area contributed by atoms with Crippen LogP contribution in [0.25, 0.3) is 0 Å². The molecule has 0 bridgehead atoms. The third-order valence-corrected chi connectivity index (χ3v) is 4.70. The van der Waals surface area contributed by atoms with E-state index in [1.807, 2.05) is 43.3 Å². The van der Waals surface area contributed by atoms with Gasteiger partial charge in [-0.15, -0.1) is 0 Å². The summed E-state index contributed by atoms with van der Waals surface area (Å²) in [4.78, 5) is 20.5. The van der Waals surface area contributed by atoms with E-state index in [0.717, 1.165) is 29.5 Å². The highest BCUT2D eigenvalue weighted by molar-refractivity contribution is 6.30. The van der Waals surface area contributed by atoms with E-state index in [9.17, 15) is 4.79 Å². The van der Waals surface area contributed by atoms with Gasteiger partial charge in [0.1, 0.15) is 11.9 Å². The fourth-order valence-electron chi connectivity index (χ4n) is 2.80. The number of rotatable bonds is 4. The fourth-order valence-corrected chi connectivity index (χ4v) is 2.93. The molecule has 0 aliphatic carbocycles. The van der Waals surface area contributed by atoms with Gasteiger partial charge in [-0.05, 0) is 36.8 Å². The Hall–Kier alpha value is -2.11. The maximum atomic E-state index is 12.2. The molecular weight excluding hydrogens is 338 g/mol. The fraction of sp³-hybridized carbons (Fsp3) is 0.368. The van der Waals surface area contributed by atoms with E-state index in [4.69, 9.17) is 16.3 Å². The zero-order valence-electron chi connectivity index (χ0n) is 14.5. The van der Waals surface area contributed by atoms with E-state index in [1.165, 1.54) is 0 Å². The molecule has 0 N–H and O–H groups in total. The number of hydrogen-bond donors (Lipinski definition) is 0. The number of hydrogen-bond acceptors (Lipinski definition) is 4. The summed E-state index contributed by atoms with van der Waals surface area (Å²) in [6.45, 7) is 4.75. The first-order chi connectivity index (χ1) is 12.1. The van der Waals surface area contributed by atoms with E-state index in [2.05, 4.69) is 9.88 Å². The minimum Gasteiger partial charge on any atom is -0.370 e. The maximum Gasteiger partial charge on any atom is 0.255 e. The molecule has 1 saturated heterocycles. The molecular formula is C19H22ClN3O2. The minimum absolute atomic E-state index is 0.0115. The van der Waals surface area contributed by atoms with Crippen molar-refractivity contribution in [3.8, 4) is 0 Å². The molecule has 132 valence electrons. The van der Waals surface area contributed by atoms with E-state index in [-0.39, 0.29) is 12.0 Å². The second kappa shape index (κ2) is 7.85. The van der Waals surface area contributed by atoms with Gasteiger partial charge in [-0.1, -0.05) is 23.7 Å². The molecule has 25 heavy (non-hydrogen) atoms. The number of carbonyl (C=O) groups excluding carboxylic acids is 1. The molecule has 2 heterocycles. The van der Waals surface area contributed by atoms with Crippen molar-refractivity contribution in [2.75, 3.05) is 38.2 Å². The molecule has 1 aromatic carbocycles. The highest BCUT2D eigenvalue weighted by Gasteiger charge is 2.23. The molecule has 0 saturated carbocycles. The van der Waals surface area contributed by atoms with Crippen molar-refractivity contribution in [2.24, 2.45) is 0 Å². The Bertz CT molecular complexity index is 718. The number of nitrogens with zero attached hydrogens (tertiary/aromatic N) is 3. The average Bonchev–Trinajstić information content (AvgIpc) is 2.67. The van der Waals surface area contributed by atoms with E-state index in [1.54, 1.807) is 18.1 Å². The van der Waals surface area contributed by atoms with Crippen molar-refractivity contribution in [1.29, 1.82) is 0 Å². The summed E-state index contributed by atoms with van der Waals surface area (Å²) in [5.41, 5.74) is 1.71. The van der Waals surface area contributed by atoms with Gasteiger partial charge in [-0.2, -0.15) is 0 Å². The number of aromatic nitrogens is 1. The summed E-state index contributed by atoms with van der Waals surface area (Å²) < 4.78 is 5.89. The Morgan fingerprint density at radius 3 is 2.72 bits per heavy atom. The van der Waals surface area contributed by atoms with Crippen LogP contribution in [0, 0.1) is 0 Å². The van der Waals surface area contributed by atoms with Gasteiger partial charge in [0, 0.05) is 37.9 Å². The highest BCUT2D eigenvalue weighted by Crippen LogP contribution is 2.26. The standard InChI is InChI=1S/C19H22ClN3O2/c1-3-22(2)19(24)15-6-9-18(21-12-15)23-10-11-25-17(13-23)14-4-7-16(20)8-5-14/h4-9,12,17H,3,10-11,13H2,1-2H3/t17-/m0/s1. The predicted molar refractivity (Wildman–Crippen MR) is 99.2 cm³/mol. The largest absolute Gasteiger partial charge is 0.370 e. The number of benzene rings is 1. The lowest BCUT2D eigenvalue weighted by atomic mass is 10.1. The molecule has 1 atom stereocenters. The number of ether oxygens (including phenoxy) is 1. The Morgan fingerprint density at radius 1 is 1.32 bits per heavy atom. The lowest BCUT2D eigenvalue weighted by Crippen LogP contribution is -2.38. The van der Waals surface area contributed by atoms with E-state index in [0.29, 0.717) is 18.7 Å².